The summed E-state index contributed by atoms with van der Waals surface area (Å²) in [5.41, 5.74) is 1.05. The van der Waals surface area contributed by atoms with E-state index in [2.05, 4.69) is 10.3 Å². The minimum atomic E-state index is -0.228. The molecule has 0 radical (unpaired) electrons. The summed E-state index contributed by atoms with van der Waals surface area (Å²) in [4.78, 5) is 4.09. The Kier molecular flexibility index (Phi) is 4.39. The Morgan fingerprint density at radius 1 is 1.17 bits per heavy atom. The van der Waals surface area contributed by atoms with E-state index in [0.29, 0.717) is 22.4 Å². The number of anilines is 1. The van der Waals surface area contributed by atoms with Crippen LogP contribution in [0.5, 0.6) is 0 Å². The van der Waals surface area contributed by atoms with E-state index in [1.165, 1.54) is 18.3 Å². The van der Waals surface area contributed by atoms with Crippen LogP contribution in [0.1, 0.15) is 5.56 Å². The van der Waals surface area contributed by atoms with Crippen LogP contribution in [0.15, 0.2) is 36.5 Å². The van der Waals surface area contributed by atoms with Crippen LogP contribution in [0.3, 0.4) is 0 Å². The van der Waals surface area contributed by atoms with E-state index in [9.17, 15) is 4.39 Å². The monoisotopic (exact) mass is 284 g/mol. The first-order chi connectivity index (χ1) is 8.65. The first-order valence-corrected chi connectivity index (χ1v) is 6.20. The van der Waals surface area contributed by atoms with Crippen LogP contribution < -0.4 is 5.32 Å². The van der Waals surface area contributed by atoms with Crippen molar-refractivity contribution < 1.29 is 4.39 Å². The van der Waals surface area contributed by atoms with E-state index in [1.807, 2.05) is 0 Å². The molecule has 0 aliphatic carbocycles. The topological polar surface area (TPSA) is 24.9 Å². The van der Waals surface area contributed by atoms with Gasteiger partial charge in [0.1, 0.15) is 11.6 Å². The van der Waals surface area contributed by atoms with Crippen LogP contribution in [-0.4, -0.2) is 11.5 Å². The van der Waals surface area contributed by atoms with Crippen LogP contribution in [-0.2, 0) is 6.42 Å². The first kappa shape index (κ1) is 13.1. The molecule has 0 bridgehead atoms. The molecule has 1 aromatic carbocycles. The number of aromatic nitrogens is 1. The standard InChI is InChI=1S/C13H11Cl2FN2/c14-10-7-12(15)13(18-8-10)17-6-5-9-1-3-11(16)4-2-9/h1-4,7-8H,5-6H2,(H,17,18). The molecule has 1 N–H and O–H groups in total. The summed E-state index contributed by atoms with van der Waals surface area (Å²) in [7, 11) is 0. The summed E-state index contributed by atoms with van der Waals surface area (Å²) in [5.74, 6) is 0.372. The maximum Gasteiger partial charge on any atom is 0.144 e. The summed E-state index contributed by atoms with van der Waals surface area (Å²) in [6.07, 6.45) is 2.30. The molecule has 0 fully saturated rings. The quantitative estimate of drug-likeness (QED) is 0.911. The van der Waals surface area contributed by atoms with Gasteiger partial charge < -0.3 is 5.32 Å². The molecule has 0 saturated carbocycles. The van der Waals surface area contributed by atoms with Gasteiger partial charge in [0, 0.05) is 12.7 Å². The molecule has 18 heavy (non-hydrogen) atoms. The van der Waals surface area contributed by atoms with E-state index >= 15 is 0 Å². The fourth-order valence-corrected chi connectivity index (χ4v) is 1.97. The van der Waals surface area contributed by atoms with Gasteiger partial charge in [-0.25, -0.2) is 9.37 Å². The van der Waals surface area contributed by atoms with Gasteiger partial charge in [-0.2, -0.15) is 0 Å². The van der Waals surface area contributed by atoms with Gasteiger partial charge in [-0.3, -0.25) is 0 Å². The van der Waals surface area contributed by atoms with Crippen molar-refractivity contribution in [3.8, 4) is 0 Å². The van der Waals surface area contributed by atoms with Crippen molar-refractivity contribution in [2.24, 2.45) is 0 Å². The number of pyridine rings is 1. The van der Waals surface area contributed by atoms with E-state index in [0.717, 1.165) is 12.0 Å². The Morgan fingerprint density at radius 2 is 1.89 bits per heavy atom. The highest BCUT2D eigenvalue weighted by Gasteiger charge is 2.02. The van der Waals surface area contributed by atoms with Crippen molar-refractivity contribution in [1.82, 2.24) is 4.98 Å². The van der Waals surface area contributed by atoms with Crippen LogP contribution >= 0.6 is 23.2 Å². The van der Waals surface area contributed by atoms with E-state index < -0.39 is 0 Å². The summed E-state index contributed by atoms with van der Waals surface area (Å²) in [6.45, 7) is 0.667. The molecule has 0 amide bonds. The summed E-state index contributed by atoms with van der Waals surface area (Å²) in [6, 6.07) is 8.05. The normalized spacial score (nSPS) is 10.4. The third kappa shape index (κ3) is 3.59. The van der Waals surface area contributed by atoms with Gasteiger partial charge in [-0.15, -0.1) is 0 Å². The van der Waals surface area contributed by atoms with Crippen LogP contribution in [0.25, 0.3) is 0 Å². The molecule has 0 atom stereocenters. The van der Waals surface area contributed by atoms with E-state index in [-0.39, 0.29) is 5.82 Å². The highest BCUT2D eigenvalue weighted by atomic mass is 35.5. The second-order valence-electron chi connectivity index (χ2n) is 3.79. The van der Waals surface area contributed by atoms with Crippen molar-refractivity contribution in [3.63, 3.8) is 0 Å². The third-order valence-corrected chi connectivity index (χ3v) is 2.92. The number of benzene rings is 1. The largest absolute Gasteiger partial charge is 0.369 e. The molecular weight excluding hydrogens is 274 g/mol. The van der Waals surface area contributed by atoms with Crippen molar-refractivity contribution in [1.29, 1.82) is 0 Å². The second-order valence-corrected chi connectivity index (χ2v) is 4.63. The highest BCUT2D eigenvalue weighted by Crippen LogP contribution is 2.22. The van der Waals surface area contributed by atoms with Crippen LogP contribution in [0, 0.1) is 5.82 Å². The number of nitrogens with one attached hydrogen (secondary N) is 1. The third-order valence-electron chi connectivity index (χ3n) is 2.43. The molecule has 1 heterocycles. The first-order valence-electron chi connectivity index (χ1n) is 5.44. The Bertz CT molecular complexity index is 529. The molecule has 0 spiro atoms. The molecule has 0 aliphatic heterocycles. The maximum atomic E-state index is 12.7. The smallest absolute Gasteiger partial charge is 0.144 e. The molecule has 94 valence electrons. The average molecular weight is 285 g/mol. The van der Waals surface area contributed by atoms with Gasteiger partial charge in [0.25, 0.3) is 0 Å². The fourth-order valence-electron chi connectivity index (χ4n) is 1.52. The zero-order valence-electron chi connectivity index (χ0n) is 9.46. The second kappa shape index (κ2) is 6.03. The minimum Gasteiger partial charge on any atom is -0.369 e. The van der Waals surface area contributed by atoms with Crippen LogP contribution in [0.2, 0.25) is 10.0 Å². The molecular formula is C13H11Cl2FN2. The zero-order valence-corrected chi connectivity index (χ0v) is 11.0. The Labute approximate surface area is 115 Å². The van der Waals surface area contributed by atoms with Crippen molar-refractivity contribution >= 4 is 29.0 Å². The lowest BCUT2D eigenvalue weighted by Gasteiger charge is -2.07. The average Bonchev–Trinajstić information content (AvgIpc) is 2.34. The fraction of sp³-hybridized carbons (Fsp3) is 0.154. The Hall–Kier alpha value is -1.32. The maximum absolute atomic E-state index is 12.7. The van der Waals surface area contributed by atoms with Crippen molar-refractivity contribution in [2.75, 3.05) is 11.9 Å². The van der Waals surface area contributed by atoms with Gasteiger partial charge in [-0.1, -0.05) is 35.3 Å². The molecule has 2 rings (SSSR count). The van der Waals surface area contributed by atoms with Gasteiger partial charge >= 0.3 is 0 Å². The number of hydrogen-bond acceptors (Lipinski definition) is 2. The molecule has 5 heteroatoms. The molecule has 2 nitrogen and oxygen atoms in total. The van der Waals surface area contributed by atoms with Gasteiger partial charge in [0.15, 0.2) is 0 Å². The minimum absolute atomic E-state index is 0.228. The van der Waals surface area contributed by atoms with Gasteiger partial charge in [0.2, 0.25) is 0 Å². The molecule has 1 aromatic heterocycles. The van der Waals surface area contributed by atoms with E-state index in [1.54, 1.807) is 18.2 Å². The van der Waals surface area contributed by atoms with Gasteiger partial charge in [-0.05, 0) is 30.2 Å². The number of hydrogen-bond donors (Lipinski definition) is 1. The van der Waals surface area contributed by atoms with Crippen LogP contribution in [0.4, 0.5) is 10.2 Å². The number of halogens is 3. The molecule has 0 unspecified atom stereocenters. The SMILES string of the molecule is Fc1ccc(CCNc2ncc(Cl)cc2Cl)cc1. The molecule has 2 aromatic rings. The van der Waals surface area contributed by atoms with Crippen molar-refractivity contribution in [3.05, 3.63) is 58.0 Å². The lowest BCUT2D eigenvalue weighted by Crippen LogP contribution is -2.06. The summed E-state index contributed by atoms with van der Waals surface area (Å²) >= 11 is 11.7. The summed E-state index contributed by atoms with van der Waals surface area (Å²) in [5, 5.41) is 4.10. The van der Waals surface area contributed by atoms with Crippen molar-refractivity contribution in [2.45, 2.75) is 6.42 Å². The summed E-state index contributed by atoms with van der Waals surface area (Å²) < 4.78 is 12.7. The zero-order chi connectivity index (χ0) is 13.0. The molecule has 0 saturated heterocycles. The van der Waals surface area contributed by atoms with Gasteiger partial charge in [0.05, 0.1) is 10.0 Å². The predicted octanol–water partition coefficient (Wildman–Crippen LogP) is 4.18. The lowest BCUT2D eigenvalue weighted by molar-refractivity contribution is 0.627. The number of rotatable bonds is 4. The highest BCUT2D eigenvalue weighted by molar-refractivity contribution is 6.35. The Balaban J connectivity index is 1.90. The molecule has 0 aliphatic rings. The Morgan fingerprint density at radius 3 is 2.56 bits per heavy atom. The number of nitrogens with zero attached hydrogens (tertiary/aromatic N) is 1. The lowest BCUT2D eigenvalue weighted by atomic mass is 10.1. The van der Waals surface area contributed by atoms with E-state index in [4.69, 9.17) is 23.2 Å². The predicted molar refractivity (Wildman–Crippen MR) is 72.9 cm³/mol.